The fraction of sp³-hybridized carbons (Fsp3) is 0.917. The molecule has 1 saturated heterocycles. The maximum atomic E-state index is 4.81. The lowest BCUT2D eigenvalue weighted by molar-refractivity contribution is 0.444. The molecule has 3 heteroatoms. The Morgan fingerprint density at radius 1 is 1.47 bits per heavy atom. The molecule has 0 saturated carbocycles. The van der Waals surface area contributed by atoms with Crippen LogP contribution in [0.25, 0.3) is 0 Å². The Kier molecular flexibility index (Phi) is 4.97. The molecular weight excluding hydrogens is 204 g/mol. The molecule has 0 aliphatic carbocycles. The quantitative estimate of drug-likeness (QED) is 0.797. The first-order valence-electron chi connectivity index (χ1n) is 6.06. The van der Waals surface area contributed by atoms with E-state index in [0.29, 0.717) is 6.04 Å². The third-order valence-electron chi connectivity index (χ3n) is 2.80. The smallest absolute Gasteiger partial charge is 0.157 e. The van der Waals surface area contributed by atoms with Gasteiger partial charge in [0.15, 0.2) is 5.17 Å². The molecule has 0 radical (unpaired) electrons. The van der Waals surface area contributed by atoms with Crippen molar-refractivity contribution >= 4 is 16.9 Å². The Labute approximate surface area is 98.3 Å². The van der Waals surface area contributed by atoms with Gasteiger partial charge in [0.2, 0.25) is 0 Å². The summed E-state index contributed by atoms with van der Waals surface area (Å²) in [7, 11) is 0. The van der Waals surface area contributed by atoms with Gasteiger partial charge in [-0.1, -0.05) is 32.0 Å². The van der Waals surface area contributed by atoms with Crippen LogP contribution in [0.2, 0.25) is 0 Å². The predicted octanol–water partition coefficient (Wildman–Crippen LogP) is 3.43. The fourth-order valence-corrected chi connectivity index (χ4v) is 3.10. The van der Waals surface area contributed by atoms with Crippen LogP contribution in [0.5, 0.6) is 0 Å². The minimum Gasteiger partial charge on any atom is -0.360 e. The first kappa shape index (κ1) is 12.9. The molecule has 1 aliphatic rings. The van der Waals surface area contributed by atoms with Gasteiger partial charge in [0.25, 0.3) is 0 Å². The van der Waals surface area contributed by atoms with Gasteiger partial charge in [0, 0.05) is 11.3 Å². The van der Waals surface area contributed by atoms with Crippen molar-refractivity contribution in [1.82, 2.24) is 5.32 Å². The summed E-state index contributed by atoms with van der Waals surface area (Å²) in [6.45, 7) is 8.96. The standard InChI is InChI=1S/C12H24N2S/c1-5-7-10(6-2)13-11-14-12(3,4)8-9-15-11/h10H,5-9H2,1-4H3,(H,13,14). The van der Waals surface area contributed by atoms with Gasteiger partial charge in [-0.25, -0.2) is 0 Å². The molecule has 1 atom stereocenters. The Balaban J connectivity index is 2.56. The summed E-state index contributed by atoms with van der Waals surface area (Å²) < 4.78 is 0. The Bertz CT molecular complexity index is 224. The van der Waals surface area contributed by atoms with E-state index in [0.717, 1.165) is 11.6 Å². The number of nitrogens with one attached hydrogen (secondary N) is 1. The monoisotopic (exact) mass is 228 g/mol. The average Bonchev–Trinajstić information content (AvgIpc) is 2.15. The lowest BCUT2D eigenvalue weighted by Gasteiger charge is -2.32. The second kappa shape index (κ2) is 5.78. The van der Waals surface area contributed by atoms with Crippen molar-refractivity contribution < 1.29 is 0 Å². The summed E-state index contributed by atoms with van der Waals surface area (Å²) in [4.78, 5) is 4.81. The Hall–Kier alpha value is -0.180. The van der Waals surface area contributed by atoms with E-state index in [1.54, 1.807) is 0 Å². The molecule has 1 heterocycles. The topological polar surface area (TPSA) is 24.4 Å². The number of thioether (sulfide) groups is 1. The third kappa shape index (κ3) is 4.45. The van der Waals surface area contributed by atoms with Crippen LogP contribution < -0.4 is 5.32 Å². The van der Waals surface area contributed by atoms with E-state index in [9.17, 15) is 0 Å². The van der Waals surface area contributed by atoms with Crippen LogP contribution >= 0.6 is 11.8 Å². The van der Waals surface area contributed by atoms with Crippen molar-refractivity contribution in [2.75, 3.05) is 5.75 Å². The van der Waals surface area contributed by atoms with Crippen molar-refractivity contribution in [1.29, 1.82) is 0 Å². The second-order valence-corrected chi connectivity index (χ2v) is 5.98. The number of aliphatic imine (C=N–C) groups is 1. The van der Waals surface area contributed by atoms with E-state index >= 15 is 0 Å². The van der Waals surface area contributed by atoms with E-state index < -0.39 is 0 Å². The molecule has 0 amide bonds. The highest BCUT2D eigenvalue weighted by atomic mass is 32.2. The van der Waals surface area contributed by atoms with Crippen LogP contribution in [0.15, 0.2) is 4.99 Å². The first-order valence-corrected chi connectivity index (χ1v) is 7.04. The molecule has 1 rings (SSSR count). The van der Waals surface area contributed by atoms with E-state index in [-0.39, 0.29) is 5.54 Å². The van der Waals surface area contributed by atoms with Crippen LogP contribution in [0.1, 0.15) is 53.4 Å². The zero-order chi connectivity index (χ0) is 11.3. The third-order valence-corrected chi connectivity index (χ3v) is 3.69. The molecule has 0 spiro atoms. The summed E-state index contributed by atoms with van der Waals surface area (Å²) in [5, 5.41) is 4.69. The molecule has 0 aromatic carbocycles. The van der Waals surface area contributed by atoms with Gasteiger partial charge in [-0.2, -0.15) is 0 Å². The van der Waals surface area contributed by atoms with Crippen molar-refractivity contribution in [3.05, 3.63) is 0 Å². The maximum Gasteiger partial charge on any atom is 0.157 e. The zero-order valence-electron chi connectivity index (χ0n) is 10.5. The number of nitrogens with zero attached hydrogens (tertiary/aromatic N) is 1. The van der Waals surface area contributed by atoms with Crippen LogP contribution in [0.4, 0.5) is 0 Å². The summed E-state index contributed by atoms with van der Waals surface area (Å²) in [6.07, 6.45) is 4.81. The zero-order valence-corrected chi connectivity index (χ0v) is 11.3. The molecule has 0 aromatic heterocycles. The van der Waals surface area contributed by atoms with E-state index in [2.05, 4.69) is 33.0 Å². The lowest BCUT2D eigenvalue weighted by atomic mass is 10.0. The van der Waals surface area contributed by atoms with Gasteiger partial charge in [-0.05, 0) is 33.1 Å². The minimum atomic E-state index is 0.231. The summed E-state index contributed by atoms with van der Waals surface area (Å²) >= 11 is 1.87. The molecule has 1 fully saturated rings. The maximum absolute atomic E-state index is 4.81. The van der Waals surface area contributed by atoms with Gasteiger partial charge >= 0.3 is 0 Å². The summed E-state index contributed by atoms with van der Waals surface area (Å²) in [5.41, 5.74) is 0.231. The molecule has 1 unspecified atom stereocenters. The van der Waals surface area contributed by atoms with E-state index in [1.165, 1.54) is 25.0 Å². The largest absolute Gasteiger partial charge is 0.360 e. The van der Waals surface area contributed by atoms with Gasteiger partial charge in [-0.3, -0.25) is 4.99 Å². The highest BCUT2D eigenvalue weighted by Crippen LogP contribution is 2.22. The van der Waals surface area contributed by atoms with Crippen molar-refractivity contribution in [3.8, 4) is 0 Å². The van der Waals surface area contributed by atoms with Crippen LogP contribution in [0, 0.1) is 0 Å². The molecule has 2 nitrogen and oxygen atoms in total. The van der Waals surface area contributed by atoms with Crippen LogP contribution in [0.3, 0.4) is 0 Å². The Morgan fingerprint density at radius 3 is 2.73 bits per heavy atom. The minimum absolute atomic E-state index is 0.231. The van der Waals surface area contributed by atoms with Crippen molar-refractivity contribution in [2.24, 2.45) is 4.99 Å². The van der Waals surface area contributed by atoms with Gasteiger partial charge < -0.3 is 5.32 Å². The van der Waals surface area contributed by atoms with Gasteiger partial charge in [0.05, 0.1) is 6.04 Å². The normalized spacial score (nSPS) is 24.9. The molecule has 0 aromatic rings. The molecule has 0 bridgehead atoms. The predicted molar refractivity (Wildman–Crippen MR) is 70.7 cm³/mol. The van der Waals surface area contributed by atoms with E-state index in [4.69, 9.17) is 4.99 Å². The Morgan fingerprint density at radius 2 is 2.20 bits per heavy atom. The number of hydrogen-bond acceptors (Lipinski definition) is 2. The highest BCUT2D eigenvalue weighted by Gasteiger charge is 2.24. The van der Waals surface area contributed by atoms with Gasteiger partial charge in [-0.15, -0.1) is 0 Å². The highest BCUT2D eigenvalue weighted by molar-refractivity contribution is 8.13. The van der Waals surface area contributed by atoms with Crippen LogP contribution in [-0.4, -0.2) is 22.5 Å². The lowest BCUT2D eigenvalue weighted by Crippen LogP contribution is -2.46. The second-order valence-electron chi connectivity index (χ2n) is 4.89. The molecule has 1 N–H and O–H groups in total. The SMILES string of the molecule is CCCC(CC)N=C1NC(C)(C)CCS1. The average molecular weight is 228 g/mol. The molecule has 88 valence electrons. The summed E-state index contributed by atoms with van der Waals surface area (Å²) in [5.74, 6) is 1.20. The van der Waals surface area contributed by atoms with Crippen LogP contribution in [-0.2, 0) is 0 Å². The first-order chi connectivity index (χ1) is 7.07. The fourth-order valence-electron chi connectivity index (χ4n) is 1.72. The number of amidine groups is 1. The van der Waals surface area contributed by atoms with Gasteiger partial charge in [0.1, 0.15) is 0 Å². The number of rotatable bonds is 4. The van der Waals surface area contributed by atoms with Crippen molar-refractivity contribution in [3.63, 3.8) is 0 Å². The molecule has 15 heavy (non-hydrogen) atoms. The number of hydrogen-bond donors (Lipinski definition) is 1. The molecule has 1 aliphatic heterocycles. The summed E-state index contributed by atoms with van der Waals surface area (Å²) in [6, 6.07) is 0.513. The molecular formula is C12H24N2S. The van der Waals surface area contributed by atoms with E-state index in [1.807, 2.05) is 11.8 Å². The van der Waals surface area contributed by atoms with Crippen molar-refractivity contribution in [2.45, 2.75) is 65.0 Å².